The molecule has 0 saturated heterocycles. The standard InChI is InChI=1S/C42H26N2/c1-3-10-29(11-4-1)41-42(30-12-5-2-6-13-30)44-39-26-32(20-24-38(39)43-41)31-19-21-35-33(25-31)16-15-28-18-22-36-34-14-8-7-9-27(34)17-23-37(36)40(28)35/h1-26H. The second-order valence-corrected chi connectivity index (χ2v) is 11.4. The predicted molar refractivity (Wildman–Crippen MR) is 186 cm³/mol. The van der Waals surface area contributed by atoms with Crippen molar-refractivity contribution in [1.29, 1.82) is 0 Å². The van der Waals surface area contributed by atoms with Crippen LogP contribution in [0.1, 0.15) is 0 Å². The van der Waals surface area contributed by atoms with Crippen LogP contribution in [0.3, 0.4) is 0 Å². The van der Waals surface area contributed by atoms with Gasteiger partial charge in [-0.1, -0.05) is 140 Å². The smallest absolute Gasteiger partial charge is 0.0973 e. The SMILES string of the molecule is c1ccc(-c2nc3ccc(-c4ccc5c(ccc6ccc7c8ccccc8ccc7c65)c4)cc3nc2-c2ccccc2)cc1. The molecule has 0 saturated carbocycles. The molecular formula is C42H26N2. The highest BCUT2D eigenvalue weighted by Crippen LogP contribution is 2.38. The molecule has 0 N–H and O–H groups in total. The van der Waals surface area contributed by atoms with Gasteiger partial charge in [0.15, 0.2) is 0 Å². The van der Waals surface area contributed by atoms with Crippen molar-refractivity contribution in [3.05, 3.63) is 158 Å². The van der Waals surface area contributed by atoms with Gasteiger partial charge in [-0.15, -0.1) is 0 Å². The van der Waals surface area contributed by atoms with Crippen molar-refractivity contribution in [2.24, 2.45) is 0 Å². The molecule has 0 bridgehead atoms. The van der Waals surface area contributed by atoms with E-state index in [0.717, 1.165) is 39.1 Å². The van der Waals surface area contributed by atoms with Gasteiger partial charge in [-0.3, -0.25) is 0 Å². The van der Waals surface area contributed by atoms with Crippen LogP contribution >= 0.6 is 0 Å². The highest BCUT2D eigenvalue weighted by atomic mass is 14.8. The van der Waals surface area contributed by atoms with Gasteiger partial charge in [0.2, 0.25) is 0 Å². The quantitative estimate of drug-likeness (QED) is 0.202. The van der Waals surface area contributed by atoms with Crippen molar-refractivity contribution in [3.63, 3.8) is 0 Å². The maximum atomic E-state index is 5.21. The summed E-state index contributed by atoms with van der Waals surface area (Å²) in [6.45, 7) is 0. The first-order valence-corrected chi connectivity index (χ1v) is 15.0. The molecule has 0 unspecified atom stereocenters. The molecule has 8 aromatic carbocycles. The van der Waals surface area contributed by atoms with Gasteiger partial charge in [0.05, 0.1) is 22.4 Å². The largest absolute Gasteiger partial charge is 0.244 e. The lowest BCUT2D eigenvalue weighted by Crippen LogP contribution is -1.95. The Labute approximate surface area is 254 Å². The van der Waals surface area contributed by atoms with Crippen LogP contribution in [0.15, 0.2) is 158 Å². The summed E-state index contributed by atoms with van der Waals surface area (Å²) >= 11 is 0. The minimum absolute atomic E-state index is 0.887. The molecule has 0 fully saturated rings. The van der Waals surface area contributed by atoms with E-state index in [1.165, 1.54) is 48.7 Å². The lowest BCUT2D eigenvalue weighted by Gasteiger charge is -2.13. The van der Waals surface area contributed by atoms with E-state index in [4.69, 9.17) is 9.97 Å². The number of hydrogen-bond acceptors (Lipinski definition) is 2. The van der Waals surface area contributed by atoms with Gasteiger partial charge in [-0.25, -0.2) is 9.97 Å². The Bertz CT molecular complexity index is 2530. The Hall–Kier alpha value is -5.86. The van der Waals surface area contributed by atoms with Crippen molar-refractivity contribution < 1.29 is 0 Å². The van der Waals surface area contributed by atoms with E-state index < -0.39 is 0 Å². The average Bonchev–Trinajstić information content (AvgIpc) is 3.10. The third kappa shape index (κ3) is 3.96. The van der Waals surface area contributed by atoms with Gasteiger partial charge in [0, 0.05) is 11.1 Å². The third-order valence-electron chi connectivity index (χ3n) is 8.81. The van der Waals surface area contributed by atoms with E-state index in [9.17, 15) is 0 Å². The Kier molecular flexibility index (Phi) is 5.54. The highest BCUT2D eigenvalue weighted by Gasteiger charge is 2.14. The van der Waals surface area contributed by atoms with Crippen molar-refractivity contribution in [1.82, 2.24) is 9.97 Å². The van der Waals surface area contributed by atoms with Gasteiger partial charge in [0.25, 0.3) is 0 Å². The van der Waals surface area contributed by atoms with Gasteiger partial charge >= 0.3 is 0 Å². The first-order valence-electron chi connectivity index (χ1n) is 15.0. The molecule has 0 aliphatic rings. The Morgan fingerprint density at radius 3 is 1.66 bits per heavy atom. The molecule has 1 heterocycles. The molecule has 0 aliphatic heterocycles. The van der Waals surface area contributed by atoms with Crippen molar-refractivity contribution in [2.45, 2.75) is 0 Å². The van der Waals surface area contributed by atoms with E-state index in [1.54, 1.807) is 0 Å². The molecule has 0 spiro atoms. The predicted octanol–water partition coefficient (Wildman–Crippen LogP) is 11.2. The van der Waals surface area contributed by atoms with E-state index in [0.29, 0.717) is 0 Å². The first kappa shape index (κ1) is 24.7. The molecule has 204 valence electrons. The zero-order chi connectivity index (χ0) is 29.0. The minimum atomic E-state index is 0.887. The van der Waals surface area contributed by atoms with Crippen molar-refractivity contribution >= 4 is 54.1 Å². The first-order chi connectivity index (χ1) is 21.8. The van der Waals surface area contributed by atoms with Crippen molar-refractivity contribution in [2.75, 3.05) is 0 Å². The Morgan fingerprint density at radius 1 is 0.295 bits per heavy atom. The van der Waals surface area contributed by atoms with Crippen molar-refractivity contribution in [3.8, 4) is 33.6 Å². The lowest BCUT2D eigenvalue weighted by atomic mass is 9.92. The minimum Gasteiger partial charge on any atom is -0.244 e. The van der Waals surface area contributed by atoms with Crippen LogP contribution in [0.2, 0.25) is 0 Å². The normalized spacial score (nSPS) is 11.6. The molecular weight excluding hydrogens is 532 g/mol. The number of nitrogens with zero attached hydrogens (tertiary/aromatic N) is 2. The molecule has 9 aromatic rings. The molecule has 2 nitrogen and oxygen atoms in total. The van der Waals surface area contributed by atoms with Crippen LogP contribution in [0.25, 0.3) is 87.8 Å². The lowest BCUT2D eigenvalue weighted by molar-refractivity contribution is 1.29. The highest BCUT2D eigenvalue weighted by molar-refractivity contribution is 6.24. The van der Waals surface area contributed by atoms with E-state index >= 15 is 0 Å². The molecule has 0 radical (unpaired) electrons. The van der Waals surface area contributed by atoms with E-state index in [2.05, 4.69) is 133 Å². The van der Waals surface area contributed by atoms with Crippen LogP contribution in [0.4, 0.5) is 0 Å². The van der Waals surface area contributed by atoms with Gasteiger partial charge in [-0.2, -0.15) is 0 Å². The second kappa shape index (κ2) is 9.86. The van der Waals surface area contributed by atoms with Gasteiger partial charge in [0.1, 0.15) is 0 Å². The maximum Gasteiger partial charge on any atom is 0.0973 e. The molecule has 2 heteroatoms. The van der Waals surface area contributed by atoms with E-state index in [-0.39, 0.29) is 0 Å². The zero-order valence-electron chi connectivity index (χ0n) is 23.9. The number of fused-ring (bicyclic) bond motifs is 8. The number of rotatable bonds is 3. The zero-order valence-corrected chi connectivity index (χ0v) is 23.9. The summed E-state index contributed by atoms with van der Waals surface area (Å²) in [5, 5.41) is 10.2. The van der Waals surface area contributed by atoms with Crippen LogP contribution in [0, 0.1) is 0 Å². The van der Waals surface area contributed by atoms with E-state index in [1.807, 2.05) is 24.3 Å². The summed E-state index contributed by atoms with van der Waals surface area (Å²) in [7, 11) is 0. The maximum absolute atomic E-state index is 5.21. The summed E-state index contributed by atoms with van der Waals surface area (Å²) in [6.07, 6.45) is 0. The fourth-order valence-corrected chi connectivity index (χ4v) is 6.66. The van der Waals surface area contributed by atoms with Crippen LogP contribution in [-0.4, -0.2) is 9.97 Å². The average molecular weight is 559 g/mol. The Balaban J connectivity index is 1.21. The fraction of sp³-hybridized carbons (Fsp3) is 0. The monoisotopic (exact) mass is 558 g/mol. The summed E-state index contributed by atoms with van der Waals surface area (Å²) in [4.78, 5) is 10.3. The molecule has 9 rings (SSSR count). The number of aromatic nitrogens is 2. The van der Waals surface area contributed by atoms with Gasteiger partial charge < -0.3 is 0 Å². The second-order valence-electron chi connectivity index (χ2n) is 11.4. The molecule has 0 atom stereocenters. The number of benzene rings is 8. The summed E-state index contributed by atoms with van der Waals surface area (Å²) < 4.78 is 0. The van der Waals surface area contributed by atoms with Crippen LogP contribution in [0.5, 0.6) is 0 Å². The van der Waals surface area contributed by atoms with Crippen LogP contribution in [-0.2, 0) is 0 Å². The number of hydrogen-bond donors (Lipinski definition) is 0. The third-order valence-corrected chi connectivity index (χ3v) is 8.81. The molecule has 0 amide bonds. The van der Waals surface area contributed by atoms with Crippen LogP contribution < -0.4 is 0 Å². The summed E-state index contributed by atoms with van der Waals surface area (Å²) in [6, 6.07) is 56.1. The summed E-state index contributed by atoms with van der Waals surface area (Å²) in [5.41, 5.74) is 7.98. The fourth-order valence-electron chi connectivity index (χ4n) is 6.66. The Morgan fingerprint density at radius 2 is 0.864 bits per heavy atom. The van der Waals surface area contributed by atoms with Gasteiger partial charge in [-0.05, 0) is 72.4 Å². The molecule has 0 aliphatic carbocycles. The molecule has 44 heavy (non-hydrogen) atoms. The topological polar surface area (TPSA) is 25.8 Å². The summed E-state index contributed by atoms with van der Waals surface area (Å²) in [5.74, 6) is 0. The molecule has 1 aromatic heterocycles.